The third kappa shape index (κ3) is 1.23. The molecule has 2 bridgehead atoms. The molecular weight excluding hydrogens is 226 g/mol. The van der Waals surface area contributed by atoms with Gasteiger partial charge in [0.2, 0.25) is 0 Å². The lowest BCUT2D eigenvalue weighted by molar-refractivity contribution is 0.0380. The highest BCUT2D eigenvalue weighted by molar-refractivity contribution is 7.10. The Morgan fingerprint density at radius 1 is 1.29 bits per heavy atom. The molecule has 0 aromatic carbocycles. The Hall–Kier alpha value is -0.340. The second kappa shape index (κ2) is 3.83. The third-order valence-electron chi connectivity index (χ3n) is 5.87. The van der Waals surface area contributed by atoms with Gasteiger partial charge < -0.3 is 5.73 Å². The van der Waals surface area contributed by atoms with Crippen molar-refractivity contribution in [1.82, 2.24) is 0 Å². The SMILES string of the molecule is CCC1(CC)C2CCC(C2)[C@]1(N)c1cccs1. The van der Waals surface area contributed by atoms with Crippen molar-refractivity contribution in [2.45, 2.75) is 51.5 Å². The molecule has 3 rings (SSSR count). The zero-order chi connectivity index (χ0) is 12.1. The molecule has 3 atom stereocenters. The molecule has 0 aliphatic heterocycles. The maximum absolute atomic E-state index is 7.02. The van der Waals surface area contributed by atoms with E-state index in [-0.39, 0.29) is 5.54 Å². The second-order valence-corrected chi connectivity index (χ2v) is 6.86. The van der Waals surface area contributed by atoms with Crippen LogP contribution in [-0.4, -0.2) is 0 Å². The van der Waals surface area contributed by atoms with Gasteiger partial charge >= 0.3 is 0 Å². The Bertz CT molecular complexity index is 393. The standard InChI is InChI=1S/C15H23NS/c1-3-14(4-2)11-7-8-12(10-11)15(14,16)13-6-5-9-17-13/h5-6,9,11-12H,3-4,7-8,10,16H2,1-2H3/t11?,12?,15-/m0/s1. The van der Waals surface area contributed by atoms with Crippen molar-refractivity contribution in [3.8, 4) is 0 Å². The van der Waals surface area contributed by atoms with E-state index < -0.39 is 0 Å². The fourth-order valence-corrected chi connectivity index (χ4v) is 6.04. The quantitative estimate of drug-likeness (QED) is 0.856. The average Bonchev–Trinajstić information content (AvgIpc) is 3.06. The van der Waals surface area contributed by atoms with Crippen molar-refractivity contribution >= 4 is 11.3 Å². The molecule has 2 N–H and O–H groups in total. The van der Waals surface area contributed by atoms with Crippen molar-refractivity contribution in [3.63, 3.8) is 0 Å². The minimum absolute atomic E-state index is 0.0341. The van der Waals surface area contributed by atoms with E-state index in [1.807, 2.05) is 11.3 Å². The van der Waals surface area contributed by atoms with Crippen LogP contribution in [0.25, 0.3) is 0 Å². The first-order valence-corrected chi connectivity index (χ1v) is 7.90. The number of hydrogen-bond acceptors (Lipinski definition) is 2. The Kier molecular flexibility index (Phi) is 2.64. The smallest absolute Gasteiger partial charge is 0.0591 e. The van der Waals surface area contributed by atoms with Gasteiger partial charge in [0.25, 0.3) is 0 Å². The van der Waals surface area contributed by atoms with E-state index in [0.29, 0.717) is 5.41 Å². The van der Waals surface area contributed by atoms with Crippen LogP contribution in [0, 0.1) is 17.3 Å². The number of rotatable bonds is 3. The molecule has 1 aromatic heterocycles. The molecule has 0 spiro atoms. The molecule has 2 saturated carbocycles. The fourth-order valence-electron chi connectivity index (χ4n) is 5.01. The normalized spacial score (nSPS) is 38.8. The zero-order valence-corrected chi connectivity index (χ0v) is 11.7. The van der Waals surface area contributed by atoms with Gasteiger partial charge in [-0.2, -0.15) is 0 Å². The van der Waals surface area contributed by atoms with Crippen LogP contribution in [-0.2, 0) is 5.54 Å². The molecule has 2 heteroatoms. The Morgan fingerprint density at radius 2 is 2.00 bits per heavy atom. The summed E-state index contributed by atoms with van der Waals surface area (Å²) in [5, 5.41) is 2.19. The highest BCUT2D eigenvalue weighted by Crippen LogP contribution is 2.67. The van der Waals surface area contributed by atoms with Crippen molar-refractivity contribution in [2.75, 3.05) is 0 Å². The van der Waals surface area contributed by atoms with Crippen molar-refractivity contribution in [3.05, 3.63) is 22.4 Å². The molecular formula is C15H23NS. The Labute approximate surface area is 108 Å². The van der Waals surface area contributed by atoms with Crippen LogP contribution < -0.4 is 5.73 Å². The van der Waals surface area contributed by atoms with Gasteiger partial charge in [-0.3, -0.25) is 0 Å². The van der Waals surface area contributed by atoms with Gasteiger partial charge in [-0.15, -0.1) is 11.3 Å². The van der Waals surface area contributed by atoms with Gasteiger partial charge in [0.05, 0.1) is 5.54 Å². The van der Waals surface area contributed by atoms with Gasteiger partial charge in [0.1, 0.15) is 0 Å². The summed E-state index contributed by atoms with van der Waals surface area (Å²) in [6.45, 7) is 4.69. The van der Waals surface area contributed by atoms with E-state index in [1.165, 1.54) is 37.0 Å². The molecule has 17 heavy (non-hydrogen) atoms. The fraction of sp³-hybridized carbons (Fsp3) is 0.733. The van der Waals surface area contributed by atoms with E-state index in [2.05, 4.69) is 31.4 Å². The van der Waals surface area contributed by atoms with Crippen LogP contribution in [0.3, 0.4) is 0 Å². The summed E-state index contributed by atoms with van der Waals surface area (Å²) in [7, 11) is 0. The highest BCUT2D eigenvalue weighted by atomic mass is 32.1. The minimum atomic E-state index is -0.0341. The van der Waals surface area contributed by atoms with Gasteiger partial charge in [0, 0.05) is 4.88 Å². The second-order valence-electron chi connectivity index (χ2n) is 5.92. The van der Waals surface area contributed by atoms with E-state index in [9.17, 15) is 0 Å². The molecule has 2 aliphatic rings. The van der Waals surface area contributed by atoms with Crippen molar-refractivity contribution < 1.29 is 0 Å². The van der Waals surface area contributed by atoms with E-state index in [1.54, 1.807) is 0 Å². The summed E-state index contributed by atoms with van der Waals surface area (Å²) in [6.07, 6.45) is 6.60. The Balaban J connectivity index is 2.13. The van der Waals surface area contributed by atoms with E-state index >= 15 is 0 Å². The van der Waals surface area contributed by atoms with Gasteiger partial charge in [-0.05, 0) is 60.8 Å². The molecule has 0 saturated heterocycles. The highest BCUT2D eigenvalue weighted by Gasteiger charge is 2.64. The summed E-state index contributed by atoms with van der Waals surface area (Å²) < 4.78 is 0. The first-order chi connectivity index (χ1) is 8.19. The monoisotopic (exact) mass is 249 g/mol. The number of fused-ring (bicyclic) bond motifs is 2. The van der Waals surface area contributed by atoms with E-state index in [0.717, 1.165) is 11.8 Å². The summed E-state index contributed by atoms with van der Waals surface area (Å²) >= 11 is 1.87. The van der Waals surface area contributed by atoms with Crippen LogP contribution >= 0.6 is 11.3 Å². The molecule has 1 aromatic rings. The Morgan fingerprint density at radius 3 is 2.59 bits per heavy atom. The number of nitrogens with two attached hydrogens (primary N) is 1. The maximum Gasteiger partial charge on any atom is 0.0591 e. The number of thiophene rings is 1. The first-order valence-electron chi connectivity index (χ1n) is 7.02. The predicted octanol–water partition coefficient (Wildman–Crippen LogP) is 4.14. The van der Waals surface area contributed by atoms with E-state index in [4.69, 9.17) is 5.73 Å². The lowest BCUT2D eigenvalue weighted by atomic mass is 9.58. The lowest BCUT2D eigenvalue weighted by Crippen LogP contribution is -2.55. The molecule has 94 valence electrons. The van der Waals surface area contributed by atoms with Gasteiger partial charge in [0.15, 0.2) is 0 Å². The molecule has 2 aliphatic carbocycles. The molecule has 1 heterocycles. The lowest BCUT2D eigenvalue weighted by Gasteiger charge is -2.50. The molecule has 2 fully saturated rings. The topological polar surface area (TPSA) is 26.0 Å². The molecule has 2 unspecified atom stereocenters. The van der Waals surface area contributed by atoms with Crippen molar-refractivity contribution in [2.24, 2.45) is 23.0 Å². The largest absolute Gasteiger partial charge is 0.320 e. The molecule has 1 nitrogen and oxygen atoms in total. The summed E-state index contributed by atoms with van der Waals surface area (Å²) in [6, 6.07) is 4.43. The van der Waals surface area contributed by atoms with Crippen molar-refractivity contribution in [1.29, 1.82) is 0 Å². The first kappa shape index (κ1) is 11.7. The zero-order valence-electron chi connectivity index (χ0n) is 10.9. The predicted molar refractivity (Wildman–Crippen MR) is 74.0 cm³/mol. The summed E-state index contributed by atoms with van der Waals surface area (Å²) in [5.41, 5.74) is 7.35. The number of hydrogen-bond donors (Lipinski definition) is 1. The van der Waals surface area contributed by atoms with Gasteiger partial charge in [-0.25, -0.2) is 0 Å². The average molecular weight is 249 g/mol. The van der Waals surface area contributed by atoms with Crippen LogP contribution in [0.1, 0.15) is 50.8 Å². The van der Waals surface area contributed by atoms with Crippen LogP contribution in [0.5, 0.6) is 0 Å². The van der Waals surface area contributed by atoms with Crippen LogP contribution in [0.4, 0.5) is 0 Å². The molecule has 0 amide bonds. The molecule has 0 radical (unpaired) electrons. The minimum Gasteiger partial charge on any atom is -0.320 e. The maximum atomic E-state index is 7.02. The summed E-state index contributed by atoms with van der Waals surface area (Å²) in [5.74, 6) is 1.60. The van der Waals surface area contributed by atoms with Crippen LogP contribution in [0.2, 0.25) is 0 Å². The summed E-state index contributed by atoms with van der Waals surface area (Å²) in [4.78, 5) is 1.44. The van der Waals surface area contributed by atoms with Crippen LogP contribution in [0.15, 0.2) is 17.5 Å². The van der Waals surface area contributed by atoms with Gasteiger partial charge in [-0.1, -0.05) is 19.9 Å². The third-order valence-corrected chi connectivity index (χ3v) is 6.89.